The summed E-state index contributed by atoms with van der Waals surface area (Å²) in [5, 5.41) is 5.77. The Morgan fingerprint density at radius 3 is 2.41 bits per heavy atom. The second-order valence-corrected chi connectivity index (χ2v) is 3.75. The number of nitrogens with zero attached hydrogens (tertiary/aromatic N) is 1. The minimum Gasteiger partial charge on any atom is -0.355 e. The van der Waals surface area contributed by atoms with Gasteiger partial charge in [-0.1, -0.05) is 0 Å². The quantitative estimate of drug-likeness (QED) is 0.442. The van der Waals surface area contributed by atoms with Crippen molar-refractivity contribution in [3.8, 4) is 0 Å². The van der Waals surface area contributed by atoms with Gasteiger partial charge in [0.05, 0.1) is 0 Å². The van der Waals surface area contributed by atoms with Gasteiger partial charge >= 0.3 is 0 Å². The molecular weight excluding hydrogens is 222 g/mol. The number of nitrogens with one attached hydrogen (secondary N) is 2. The molecule has 0 radical (unpaired) electrons. The van der Waals surface area contributed by atoms with Crippen molar-refractivity contribution >= 4 is 17.7 Å². The number of amides is 3. The Morgan fingerprint density at radius 2 is 1.82 bits per heavy atom. The summed E-state index contributed by atoms with van der Waals surface area (Å²) in [7, 11) is 0. The molecule has 0 aromatic heterocycles. The molecule has 0 saturated heterocycles. The van der Waals surface area contributed by atoms with Crippen LogP contribution in [0.25, 0.3) is 0 Å². The van der Waals surface area contributed by atoms with Crippen LogP contribution in [-0.4, -0.2) is 48.8 Å². The number of imide groups is 1. The maximum absolute atomic E-state index is 11.2. The maximum Gasteiger partial charge on any atom is 0.253 e. The minimum absolute atomic E-state index is 0.0499. The van der Waals surface area contributed by atoms with Crippen LogP contribution in [0, 0.1) is 0 Å². The molecule has 3 amide bonds. The maximum atomic E-state index is 11.2. The van der Waals surface area contributed by atoms with Crippen molar-refractivity contribution in [1.29, 1.82) is 0 Å². The fraction of sp³-hybridized carbons (Fsp3) is 0.545. The van der Waals surface area contributed by atoms with E-state index in [4.69, 9.17) is 0 Å². The Morgan fingerprint density at radius 1 is 1.18 bits per heavy atom. The summed E-state index contributed by atoms with van der Waals surface area (Å²) in [6, 6.07) is 0. The van der Waals surface area contributed by atoms with E-state index in [-0.39, 0.29) is 17.7 Å². The normalized spacial score (nSPS) is 14.5. The molecule has 0 aromatic carbocycles. The highest BCUT2D eigenvalue weighted by atomic mass is 16.2. The molecule has 0 atom stereocenters. The summed E-state index contributed by atoms with van der Waals surface area (Å²) in [6.07, 6.45) is 3.28. The highest BCUT2D eigenvalue weighted by Crippen LogP contribution is 2.03. The molecule has 0 saturated carbocycles. The van der Waals surface area contributed by atoms with Gasteiger partial charge in [-0.2, -0.15) is 0 Å². The molecular formula is C11H17N3O3. The molecule has 17 heavy (non-hydrogen) atoms. The summed E-state index contributed by atoms with van der Waals surface area (Å²) in [4.78, 5) is 34.1. The first-order chi connectivity index (χ1) is 8.11. The van der Waals surface area contributed by atoms with Crippen LogP contribution in [0.5, 0.6) is 0 Å². The Kier molecular flexibility index (Phi) is 5.35. The molecule has 0 fully saturated rings. The van der Waals surface area contributed by atoms with E-state index in [1.807, 2.05) is 0 Å². The molecule has 6 heteroatoms. The SMILES string of the molecule is CC(=O)NCCNCCCN1C(=O)C=CC1=O. The summed E-state index contributed by atoms with van der Waals surface area (Å²) < 4.78 is 0. The molecule has 1 heterocycles. The van der Waals surface area contributed by atoms with Crippen molar-refractivity contribution in [3.63, 3.8) is 0 Å². The molecule has 1 aliphatic rings. The molecule has 0 spiro atoms. The Bertz CT molecular complexity index is 321. The second-order valence-electron chi connectivity index (χ2n) is 3.75. The Labute approximate surface area is 100 Å². The van der Waals surface area contributed by atoms with Crippen LogP contribution in [0.2, 0.25) is 0 Å². The molecule has 1 rings (SSSR count). The Hall–Kier alpha value is -1.69. The predicted molar refractivity (Wildman–Crippen MR) is 62.0 cm³/mol. The van der Waals surface area contributed by atoms with E-state index >= 15 is 0 Å². The number of carbonyl (C=O) groups excluding carboxylic acids is 3. The average Bonchev–Trinajstić information content (AvgIpc) is 2.58. The highest BCUT2D eigenvalue weighted by molar-refractivity contribution is 6.12. The van der Waals surface area contributed by atoms with Crippen LogP contribution < -0.4 is 10.6 Å². The van der Waals surface area contributed by atoms with Gasteiger partial charge in [0.15, 0.2) is 0 Å². The number of hydrogen-bond acceptors (Lipinski definition) is 4. The standard InChI is InChI=1S/C11H17N3O3/c1-9(15)13-7-6-12-5-2-8-14-10(16)3-4-11(14)17/h3-4,12H,2,5-8H2,1H3,(H,13,15). The minimum atomic E-state index is -0.242. The topological polar surface area (TPSA) is 78.5 Å². The van der Waals surface area contributed by atoms with Gasteiger partial charge in [-0.05, 0) is 13.0 Å². The third-order valence-electron chi connectivity index (χ3n) is 2.31. The van der Waals surface area contributed by atoms with Crippen LogP contribution in [0.1, 0.15) is 13.3 Å². The van der Waals surface area contributed by atoms with Crippen molar-refractivity contribution in [1.82, 2.24) is 15.5 Å². The van der Waals surface area contributed by atoms with E-state index in [1.165, 1.54) is 24.0 Å². The Balaban J connectivity index is 1.99. The lowest BCUT2D eigenvalue weighted by molar-refractivity contribution is -0.136. The smallest absolute Gasteiger partial charge is 0.253 e. The van der Waals surface area contributed by atoms with E-state index in [9.17, 15) is 14.4 Å². The van der Waals surface area contributed by atoms with Crippen molar-refractivity contribution in [2.24, 2.45) is 0 Å². The fourth-order valence-electron chi connectivity index (χ4n) is 1.47. The lowest BCUT2D eigenvalue weighted by Gasteiger charge is -2.13. The first-order valence-electron chi connectivity index (χ1n) is 5.60. The van der Waals surface area contributed by atoms with E-state index in [2.05, 4.69) is 10.6 Å². The van der Waals surface area contributed by atoms with Crippen LogP contribution in [0.3, 0.4) is 0 Å². The van der Waals surface area contributed by atoms with Gasteiger partial charge < -0.3 is 10.6 Å². The van der Waals surface area contributed by atoms with Crippen molar-refractivity contribution in [2.45, 2.75) is 13.3 Å². The average molecular weight is 239 g/mol. The van der Waals surface area contributed by atoms with E-state index in [1.54, 1.807) is 0 Å². The van der Waals surface area contributed by atoms with E-state index < -0.39 is 0 Å². The zero-order valence-corrected chi connectivity index (χ0v) is 9.86. The van der Waals surface area contributed by atoms with Gasteiger partial charge in [-0.15, -0.1) is 0 Å². The summed E-state index contributed by atoms with van der Waals surface area (Å²) >= 11 is 0. The van der Waals surface area contributed by atoms with Crippen molar-refractivity contribution in [3.05, 3.63) is 12.2 Å². The van der Waals surface area contributed by atoms with Crippen molar-refractivity contribution in [2.75, 3.05) is 26.2 Å². The third kappa shape index (κ3) is 4.78. The highest BCUT2D eigenvalue weighted by Gasteiger charge is 2.21. The summed E-state index contributed by atoms with van der Waals surface area (Å²) in [5.74, 6) is -0.535. The first-order valence-corrected chi connectivity index (χ1v) is 5.60. The summed E-state index contributed by atoms with van der Waals surface area (Å²) in [5.41, 5.74) is 0. The van der Waals surface area contributed by atoms with Gasteiger partial charge in [0, 0.05) is 38.7 Å². The zero-order valence-electron chi connectivity index (χ0n) is 9.86. The zero-order chi connectivity index (χ0) is 12.7. The molecule has 0 bridgehead atoms. The lowest BCUT2D eigenvalue weighted by atomic mass is 10.3. The van der Waals surface area contributed by atoms with Crippen LogP contribution in [0.15, 0.2) is 12.2 Å². The molecule has 2 N–H and O–H groups in total. The van der Waals surface area contributed by atoms with Gasteiger partial charge in [-0.25, -0.2) is 0 Å². The largest absolute Gasteiger partial charge is 0.355 e. The van der Waals surface area contributed by atoms with Gasteiger partial charge in [0.2, 0.25) is 5.91 Å². The lowest BCUT2D eigenvalue weighted by Crippen LogP contribution is -2.34. The molecule has 0 aromatic rings. The molecule has 1 aliphatic heterocycles. The fourth-order valence-corrected chi connectivity index (χ4v) is 1.47. The molecule has 0 unspecified atom stereocenters. The predicted octanol–water partition coefficient (Wildman–Crippen LogP) is -0.973. The molecule has 94 valence electrons. The summed E-state index contributed by atoms with van der Waals surface area (Å²) in [6.45, 7) is 3.87. The van der Waals surface area contributed by atoms with Gasteiger partial charge in [0.1, 0.15) is 0 Å². The van der Waals surface area contributed by atoms with Crippen molar-refractivity contribution < 1.29 is 14.4 Å². The van der Waals surface area contributed by atoms with Crippen LogP contribution in [-0.2, 0) is 14.4 Å². The number of carbonyl (C=O) groups is 3. The van der Waals surface area contributed by atoms with Gasteiger partial charge in [-0.3, -0.25) is 19.3 Å². The molecule has 0 aliphatic carbocycles. The van der Waals surface area contributed by atoms with E-state index in [0.717, 1.165) is 0 Å². The van der Waals surface area contributed by atoms with Crippen LogP contribution >= 0.6 is 0 Å². The number of hydrogen-bond donors (Lipinski definition) is 2. The number of rotatable bonds is 7. The van der Waals surface area contributed by atoms with Gasteiger partial charge in [0.25, 0.3) is 11.8 Å². The first kappa shape index (κ1) is 13.4. The molecule has 6 nitrogen and oxygen atoms in total. The van der Waals surface area contributed by atoms with E-state index in [0.29, 0.717) is 32.6 Å². The van der Waals surface area contributed by atoms with Crippen LogP contribution in [0.4, 0.5) is 0 Å². The third-order valence-corrected chi connectivity index (χ3v) is 2.31. The monoisotopic (exact) mass is 239 g/mol. The second kappa shape index (κ2) is 6.80.